The highest BCUT2D eigenvalue weighted by atomic mass is 35.5. The minimum Gasteiger partial charge on any atom is -0.351 e. The van der Waals surface area contributed by atoms with Gasteiger partial charge in [-0.1, -0.05) is 110 Å². The van der Waals surface area contributed by atoms with Gasteiger partial charge in [0.1, 0.15) is 12.1 Å². The number of amides is 5. The van der Waals surface area contributed by atoms with Crippen LogP contribution in [0.5, 0.6) is 0 Å². The van der Waals surface area contributed by atoms with E-state index in [9.17, 15) is 19.2 Å². The number of benzene rings is 4. The van der Waals surface area contributed by atoms with Crippen LogP contribution in [0.2, 0.25) is 5.02 Å². The maximum absolute atomic E-state index is 14.6. The van der Waals surface area contributed by atoms with Crippen molar-refractivity contribution in [1.29, 1.82) is 0 Å². The predicted molar refractivity (Wildman–Crippen MR) is 204 cm³/mol. The van der Waals surface area contributed by atoms with Gasteiger partial charge < -0.3 is 5.32 Å². The molecule has 1 aliphatic heterocycles. The Balaban J connectivity index is 1.29. The number of aryl methyl sites for hydroxylation is 1. The molecule has 0 bridgehead atoms. The molecule has 4 aromatic rings. The fourth-order valence-electron chi connectivity index (χ4n) is 8.01. The number of rotatable bonds is 9. The van der Waals surface area contributed by atoms with Crippen LogP contribution in [0.25, 0.3) is 0 Å². The Labute approximate surface area is 310 Å². The molecule has 1 N–H and O–H groups in total. The summed E-state index contributed by atoms with van der Waals surface area (Å²) in [5.41, 5.74) is 3.87. The van der Waals surface area contributed by atoms with E-state index in [2.05, 4.69) is 5.32 Å². The Morgan fingerprint density at radius 1 is 0.731 bits per heavy atom. The van der Waals surface area contributed by atoms with Crippen molar-refractivity contribution in [3.8, 4) is 0 Å². The molecule has 2 atom stereocenters. The molecule has 9 heteroatoms. The summed E-state index contributed by atoms with van der Waals surface area (Å²) < 4.78 is 0. The van der Waals surface area contributed by atoms with Gasteiger partial charge in [-0.15, -0.1) is 0 Å². The number of carbonyl (C=O) groups excluding carboxylic acids is 4. The van der Waals surface area contributed by atoms with Crippen LogP contribution in [0, 0.1) is 6.92 Å². The van der Waals surface area contributed by atoms with Gasteiger partial charge in [0.25, 0.3) is 11.8 Å². The molecular weight excluding hydrogens is 672 g/mol. The van der Waals surface area contributed by atoms with Crippen LogP contribution in [-0.4, -0.2) is 40.7 Å². The summed E-state index contributed by atoms with van der Waals surface area (Å²) in [4.78, 5) is 62.0. The lowest BCUT2D eigenvalue weighted by Gasteiger charge is -2.34. The van der Waals surface area contributed by atoms with Crippen LogP contribution in [-0.2, 0) is 9.59 Å². The zero-order valence-electron chi connectivity index (χ0n) is 29.5. The molecule has 1 heterocycles. The van der Waals surface area contributed by atoms with Gasteiger partial charge in [0, 0.05) is 34.0 Å². The number of anilines is 2. The standard InChI is InChI=1S/C43H45ClN4O4/c1-29-17-25-37(26-18-29)47-39(42(51)48(43(47)52)35-15-9-4-10-16-35)31-21-27-36(28-22-31)46(41(50)32-19-23-33(44)24-20-32)38(30-11-5-2-6-12-30)40(49)45-34-13-7-3-8-14-34/h2,5-6,11-12,17-28,34-35,38-39H,3-4,7-10,13-16H2,1H3,(H,45,49). The Morgan fingerprint density at radius 3 is 1.98 bits per heavy atom. The van der Waals surface area contributed by atoms with Gasteiger partial charge in [-0.25, -0.2) is 4.79 Å². The van der Waals surface area contributed by atoms with Crippen LogP contribution in [0.1, 0.15) is 103 Å². The quantitative estimate of drug-likeness (QED) is 0.175. The van der Waals surface area contributed by atoms with Crippen LogP contribution in [0.4, 0.5) is 16.2 Å². The SMILES string of the molecule is Cc1ccc(N2C(=O)N(C3CCCCC3)C(=O)C2c2ccc(N(C(=O)c3ccc(Cl)cc3)C(C(=O)NC3CCCCC3)c3ccccc3)cc2)cc1. The summed E-state index contributed by atoms with van der Waals surface area (Å²) >= 11 is 6.21. The number of imide groups is 1. The van der Waals surface area contributed by atoms with E-state index < -0.39 is 12.1 Å². The van der Waals surface area contributed by atoms with Crippen LogP contribution in [0.3, 0.4) is 0 Å². The average Bonchev–Trinajstić information content (AvgIpc) is 3.44. The minimum absolute atomic E-state index is 0.0353. The van der Waals surface area contributed by atoms with Crippen molar-refractivity contribution >= 4 is 46.7 Å². The monoisotopic (exact) mass is 716 g/mol. The van der Waals surface area contributed by atoms with Crippen LogP contribution >= 0.6 is 11.6 Å². The normalized spacial score (nSPS) is 19.1. The molecule has 0 spiro atoms. The predicted octanol–water partition coefficient (Wildman–Crippen LogP) is 9.33. The molecule has 3 aliphatic rings. The van der Waals surface area contributed by atoms with E-state index in [-0.39, 0.29) is 35.8 Å². The van der Waals surface area contributed by atoms with Crippen molar-refractivity contribution in [3.63, 3.8) is 0 Å². The van der Waals surface area contributed by atoms with Crippen LogP contribution < -0.4 is 15.1 Å². The summed E-state index contributed by atoms with van der Waals surface area (Å²) in [6.07, 6.45) is 9.73. The zero-order chi connectivity index (χ0) is 36.2. The summed E-state index contributed by atoms with van der Waals surface area (Å²) in [6.45, 7) is 1.99. The number of hydrogen-bond acceptors (Lipinski definition) is 4. The lowest BCUT2D eigenvalue weighted by Crippen LogP contribution is -2.47. The Morgan fingerprint density at radius 2 is 1.35 bits per heavy atom. The molecule has 0 aromatic heterocycles. The van der Waals surface area contributed by atoms with Crippen molar-refractivity contribution in [1.82, 2.24) is 10.2 Å². The Kier molecular flexibility index (Phi) is 10.7. The molecule has 52 heavy (non-hydrogen) atoms. The molecule has 0 radical (unpaired) electrons. The fraction of sp³-hybridized carbons (Fsp3) is 0.349. The average molecular weight is 717 g/mol. The number of hydrogen-bond donors (Lipinski definition) is 1. The number of urea groups is 1. The molecule has 2 unspecified atom stereocenters. The highest BCUT2D eigenvalue weighted by Crippen LogP contribution is 2.40. The Hall–Kier alpha value is -4.95. The second-order valence-corrected chi connectivity index (χ2v) is 14.8. The number of nitrogens with zero attached hydrogens (tertiary/aromatic N) is 3. The molecule has 8 nitrogen and oxygen atoms in total. The van der Waals surface area contributed by atoms with Crippen molar-refractivity contribution in [2.75, 3.05) is 9.80 Å². The van der Waals surface area contributed by atoms with Gasteiger partial charge >= 0.3 is 6.03 Å². The first-order valence-electron chi connectivity index (χ1n) is 18.6. The van der Waals surface area contributed by atoms with Crippen molar-refractivity contribution in [2.24, 2.45) is 0 Å². The van der Waals surface area contributed by atoms with E-state index in [4.69, 9.17) is 11.6 Å². The second kappa shape index (κ2) is 15.7. The summed E-state index contributed by atoms with van der Waals surface area (Å²) in [5.74, 6) is -0.864. The van der Waals surface area contributed by atoms with E-state index in [1.54, 1.807) is 53.4 Å². The molecule has 268 valence electrons. The molecule has 4 aromatic carbocycles. The zero-order valence-corrected chi connectivity index (χ0v) is 30.3. The third-order valence-electron chi connectivity index (χ3n) is 10.8. The van der Waals surface area contributed by atoms with Gasteiger partial charge in [0.05, 0.1) is 0 Å². The number of halogens is 1. The highest BCUT2D eigenvalue weighted by molar-refractivity contribution is 6.30. The first kappa shape index (κ1) is 35.5. The van der Waals surface area contributed by atoms with Gasteiger partial charge in [-0.05, 0) is 92.3 Å². The third-order valence-corrected chi connectivity index (χ3v) is 11.0. The number of nitrogens with one attached hydrogen (secondary N) is 1. The van der Waals surface area contributed by atoms with Crippen molar-refractivity contribution in [2.45, 2.75) is 95.3 Å². The maximum Gasteiger partial charge on any atom is 0.332 e. The molecular formula is C43H45ClN4O4. The first-order valence-corrected chi connectivity index (χ1v) is 19.0. The smallest absolute Gasteiger partial charge is 0.332 e. The summed E-state index contributed by atoms with van der Waals surface area (Å²) in [5, 5.41) is 3.76. The molecule has 1 saturated heterocycles. The van der Waals surface area contributed by atoms with Gasteiger partial charge in [0.15, 0.2) is 0 Å². The van der Waals surface area contributed by atoms with E-state index in [0.29, 0.717) is 33.1 Å². The van der Waals surface area contributed by atoms with Crippen molar-refractivity contribution in [3.05, 3.63) is 130 Å². The Bertz CT molecular complexity index is 1890. The van der Waals surface area contributed by atoms with E-state index in [0.717, 1.165) is 69.8 Å². The molecule has 2 saturated carbocycles. The van der Waals surface area contributed by atoms with Gasteiger partial charge in [0.2, 0.25) is 5.91 Å². The third kappa shape index (κ3) is 7.35. The summed E-state index contributed by atoms with van der Waals surface area (Å²) in [7, 11) is 0. The minimum atomic E-state index is -0.974. The number of carbonyl (C=O) groups is 4. The molecule has 2 aliphatic carbocycles. The highest BCUT2D eigenvalue weighted by Gasteiger charge is 2.49. The summed E-state index contributed by atoms with van der Waals surface area (Å²) in [6, 6.07) is 28.6. The van der Waals surface area contributed by atoms with Crippen molar-refractivity contribution < 1.29 is 19.2 Å². The lowest BCUT2D eigenvalue weighted by molar-refractivity contribution is -0.129. The fourth-order valence-corrected chi connectivity index (χ4v) is 8.13. The lowest BCUT2D eigenvalue weighted by atomic mass is 9.94. The van der Waals surface area contributed by atoms with Gasteiger partial charge in [-0.2, -0.15) is 0 Å². The van der Waals surface area contributed by atoms with Crippen LogP contribution in [0.15, 0.2) is 103 Å². The molecule has 5 amide bonds. The second-order valence-electron chi connectivity index (χ2n) is 14.3. The molecule has 3 fully saturated rings. The van der Waals surface area contributed by atoms with Gasteiger partial charge in [-0.3, -0.25) is 29.1 Å². The van der Waals surface area contributed by atoms with E-state index in [1.165, 1.54) is 9.80 Å². The van der Waals surface area contributed by atoms with E-state index >= 15 is 0 Å². The maximum atomic E-state index is 14.6. The first-order chi connectivity index (χ1) is 25.3. The molecule has 7 rings (SSSR count). The largest absolute Gasteiger partial charge is 0.351 e. The van der Waals surface area contributed by atoms with E-state index in [1.807, 2.05) is 61.5 Å². The topological polar surface area (TPSA) is 90.0 Å².